The Balaban J connectivity index is 2.02. The Hall–Kier alpha value is -3.65. The molecule has 14 heteroatoms. The molecule has 1 fully saturated rings. The molecule has 1 aliphatic rings. The number of aliphatic hydroxyl groups is 1. The van der Waals surface area contributed by atoms with Gasteiger partial charge in [0.2, 0.25) is 0 Å². The molecule has 2 aromatic carbocycles. The van der Waals surface area contributed by atoms with E-state index >= 15 is 0 Å². The summed E-state index contributed by atoms with van der Waals surface area (Å²) in [6.45, 7) is 1.32. The van der Waals surface area contributed by atoms with Crippen molar-refractivity contribution in [2.24, 2.45) is 10.7 Å². The van der Waals surface area contributed by atoms with E-state index in [1.54, 1.807) is 0 Å². The number of ether oxygens (including phenoxy) is 1. The third-order valence-corrected chi connectivity index (χ3v) is 5.60. The number of halogens is 7. The molecular weight excluding hydrogens is 525 g/mol. The summed E-state index contributed by atoms with van der Waals surface area (Å²) in [6.07, 6.45) is -10.6. The number of nitrogens with zero attached hydrogens (tertiary/aromatic N) is 3. The van der Waals surface area contributed by atoms with Crippen molar-refractivity contribution in [3.8, 4) is 5.75 Å². The number of aliphatic hydroxyl groups excluding tert-OH is 1. The number of likely N-dealkylation sites (tertiary alicyclic amines) is 1. The van der Waals surface area contributed by atoms with Gasteiger partial charge in [-0.2, -0.15) is 26.3 Å². The Kier molecular flexibility index (Phi) is 8.67. The van der Waals surface area contributed by atoms with Crippen molar-refractivity contribution in [2.75, 3.05) is 38.1 Å². The van der Waals surface area contributed by atoms with Gasteiger partial charge in [0.25, 0.3) is 0 Å². The maximum atomic E-state index is 13.9. The number of alkyl halides is 6. The summed E-state index contributed by atoms with van der Waals surface area (Å²) in [4.78, 5) is 19.3. The van der Waals surface area contributed by atoms with E-state index in [-0.39, 0.29) is 23.9 Å². The van der Waals surface area contributed by atoms with Crippen LogP contribution in [0.1, 0.15) is 16.7 Å². The minimum absolute atomic E-state index is 0.0469. The number of allylic oxidation sites excluding steroid dienone is 1. The molecule has 38 heavy (non-hydrogen) atoms. The van der Waals surface area contributed by atoms with Crippen LogP contribution in [0.25, 0.3) is 5.57 Å². The van der Waals surface area contributed by atoms with Gasteiger partial charge in [-0.25, -0.2) is 9.18 Å². The number of carbonyl (C=O) groups excluding carboxylic acids is 1. The lowest BCUT2D eigenvalue weighted by Crippen LogP contribution is -2.51. The lowest BCUT2D eigenvalue weighted by atomic mass is 9.98. The molecule has 3 rings (SSSR count). The van der Waals surface area contributed by atoms with Crippen LogP contribution in [0.5, 0.6) is 5.75 Å². The highest BCUT2D eigenvalue weighted by Gasteiger charge is 2.41. The summed E-state index contributed by atoms with van der Waals surface area (Å²) < 4.78 is 101. The van der Waals surface area contributed by atoms with Crippen LogP contribution < -0.4 is 15.4 Å². The SMILES string of the molecule is CN(C(=O)Oc1c(C(C=NCCN2CC(O)C2)=CN)cc(C(F)(F)F)cc1C(F)(F)F)c1ccc(F)cc1. The van der Waals surface area contributed by atoms with Gasteiger partial charge in [0, 0.05) is 55.9 Å². The maximum Gasteiger partial charge on any atom is 0.420 e. The van der Waals surface area contributed by atoms with Gasteiger partial charge in [0.15, 0.2) is 5.75 Å². The minimum Gasteiger partial charge on any atom is -0.409 e. The predicted molar refractivity (Wildman–Crippen MR) is 125 cm³/mol. The fraction of sp³-hybridized carbons (Fsp3) is 0.333. The summed E-state index contributed by atoms with van der Waals surface area (Å²) in [7, 11) is 1.13. The molecular formula is C24H23F7N4O3. The maximum absolute atomic E-state index is 13.9. The topological polar surface area (TPSA) is 91.4 Å². The molecule has 1 aliphatic heterocycles. The first-order chi connectivity index (χ1) is 17.7. The van der Waals surface area contributed by atoms with Crippen molar-refractivity contribution in [2.45, 2.75) is 18.5 Å². The van der Waals surface area contributed by atoms with Gasteiger partial charge in [-0.1, -0.05) is 0 Å². The number of amides is 1. The average molecular weight is 548 g/mol. The van der Waals surface area contributed by atoms with Crippen LogP contribution >= 0.6 is 0 Å². The molecule has 206 valence electrons. The van der Waals surface area contributed by atoms with Crippen molar-refractivity contribution in [3.05, 3.63) is 65.1 Å². The van der Waals surface area contributed by atoms with Crippen molar-refractivity contribution < 1.29 is 45.4 Å². The highest BCUT2D eigenvalue weighted by atomic mass is 19.4. The van der Waals surface area contributed by atoms with E-state index in [0.29, 0.717) is 25.7 Å². The smallest absolute Gasteiger partial charge is 0.409 e. The summed E-state index contributed by atoms with van der Waals surface area (Å²) in [5.41, 5.74) is 0.957. The van der Waals surface area contributed by atoms with Crippen LogP contribution in [0, 0.1) is 5.82 Å². The molecule has 0 bridgehead atoms. The molecule has 0 radical (unpaired) electrons. The number of rotatable bonds is 7. The molecule has 1 saturated heterocycles. The lowest BCUT2D eigenvalue weighted by Gasteiger charge is -2.35. The summed E-state index contributed by atoms with van der Waals surface area (Å²) >= 11 is 0. The average Bonchev–Trinajstić information content (AvgIpc) is 2.81. The number of aliphatic imine (C=N–C) groups is 1. The summed E-state index contributed by atoms with van der Waals surface area (Å²) in [6, 6.07) is 4.53. The number of nitrogens with two attached hydrogens (primary N) is 1. The first kappa shape index (κ1) is 28.9. The minimum atomic E-state index is -5.35. The molecule has 7 nitrogen and oxygen atoms in total. The van der Waals surface area contributed by atoms with Gasteiger partial charge in [0.1, 0.15) is 5.82 Å². The van der Waals surface area contributed by atoms with Crippen molar-refractivity contribution in [1.29, 1.82) is 0 Å². The molecule has 0 atom stereocenters. The fourth-order valence-corrected chi connectivity index (χ4v) is 3.54. The first-order valence-corrected chi connectivity index (χ1v) is 11.1. The second kappa shape index (κ2) is 11.4. The summed E-state index contributed by atoms with van der Waals surface area (Å²) in [5.74, 6) is -1.85. The van der Waals surface area contributed by atoms with E-state index < -0.39 is 52.8 Å². The molecule has 1 amide bonds. The van der Waals surface area contributed by atoms with Crippen LogP contribution in [-0.4, -0.2) is 61.6 Å². The van der Waals surface area contributed by atoms with Crippen LogP contribution in [0.2, 0.25) is 0 Å². The van der Waals surface area contributed by atoms with E-state index in [9.17, 15) is 40.6 Å². The second-order valence-electron chi connectivity index (χ2n) is 8.37. The first-order valence-electron chi connectivity index (χ1n) is 11.1. The van der Waals surface area contributed by atoms with Crippen LogP contribution in [0.3, 0.4) is 0 Å². The van der Waals surface area contributed by atoms with Gasteiger partial charge in [-0.3, -0.25) is 14.8 Å². The Bertz CT molecular complexity index is 1210. The Morgan fingerprint density at radius 2 is 1.79 bits per heavy atom. The quantitative estimate of drug-likeness (QED) is 0.392. The normalized spacial score (nSPS) is 15.6. The number of hydrogen-bond donors (Lipinski definition) is 2. The third kappa shape index (κ3) is 7.01. The zero-order valence-electron chi connectivity index (χ0n) is 19.9. The monoisotopic (exact) mass is 548 g/mol. The Labute approximate surface area is 212 Å². The highest BCUT2D eigenvalue weighted by molar-refractivity contribution is 6.11. The van der Waals surface area contributed by atoms with E-state index in [0.717, 1.165) is 48.6 Å². The van der Waals surface area contributed by atoms with Crippen molar-refractivity contribution in [1.82, 2.24) is 4.90 Å². The fourth-order valence-electron chi connectivity index (χ4n) is 3.54. The van der Waals surface area contributed by atoms with E-state index in [1.807, 2.05) is 4.90 Å². The van der Waals surface area contributed by atoms with E-state index in [4.69, 9.17) is 10.5 Å². The van der Waals surface area contributed by atoms with Crippen LogP contribution in [0.4, 0.5) is 41.2 Å². The Morgan fingerprint density at radius 3 is 2.32 bits per heavy atom. The summed E-state index contributed by atoms with van der Waals surface area (Å²) in [5, 5.41) is 9.31. The third-order valence-electron chi connectivity index (χ3n) is 5.60. The second-order valence-corrected chi connectivity index (χ2v) is 8.37. The molecule has 0 unspecified atom stereocenters. The number of hydrogen-bond acceptors (Lipinski definition) is 6. The van der Waals surface area contributed by atoms with Gasteiger partial charge in [-0.05, 0) is 36.4 Å². The van der Waals surface area contributed by atoms with Crippen LogP contribution in [0.15, 0.2) is 47.6 Å². The molecule has 0 aliphatic carbocycles. The number of β-amino-alcohol motifs (C(OH)–C–C–N with tert-alkyl or cyclic N) is 1. The van der Waals surface area contributed by atoms with Gasteiger partial charge >= 0.3 is 18.4 Å². The molecule has 2 aromatic rings. The number of anilines is 1. The molecule has 3 N–H and O–H groups in total. The molecule has 1 heterocycles. The zero-order chi connectivity index (χ0) is 28.3. The van der Waals surface area contributed by atoms with Gasteiger partial charge < -0.3 is 15.6 Å². The molecule has 0 saturated carbocycles. The lowest BCUT2D eigenvalue weighted by molar-refractivity contribution is -0.143. The van der Waals surface area contributed by atoms with Crippen LogP contribution in [-0.2, 0) is 12.4 Å². The number of carbonyl (C=O) groups is 1. The van der Waals surface area contributed by atoms with Gasteiger partial charge in [-0.15, -0.1) is 0 Å². The predicted octanol–water partition coefficient (Wildman–Crippen LogP) is 4.55. The van der Waals surface area contributed by atoms with E-state index in [1.165, 1.54) is 0 Å². The van der Waals surface area contributed by atoms with Crippen molar-refractivity contribution in [3.63, 3.8) is 0 Å². The standard InChI is InChI=1S/C24H23F7N4O3/c1-34(17-4-2-16(25)3-5-17)22(37)38-21-19(8-15(23(26,27)28)9-20(21)24(29,30)31)14(10-32)11-33-6-7-35-12-18(36)13-35/h2-5,8-11,18,36H,6-7,12-13,32H2,1H3. The highest BCUT2D eigenvalue weighted by Crippen LogP contribution is 2.44. The van der Waals surface area contributed by atoms with E-state index in [2.05, 4.69) is 4.99 Å². The largest absolute Gasteiger partial charge is 0.420 e. The zero-order valence-corrected chi connectivity index (χ0v) is 19.9. The molecule has 0 aromatic heterocycles. The van der Waals surface area contributed by atoms with Gasteiger partial charge in [0.05, 0.1) is 23.8 Å². The Morgan fingerprint density at radius 1 is 1.16 bits per heavy atom. The number of benzene rings is 2. The molecule has 0 spiro atoms. The van der Waals surface area contributed by atoms with Crippen molar-refractivity contribution >= 4 is 23.6 Å².